The van der Waals surface area contributed by atoms with E-state index >= 15 is 0 Å². The van der Waals surface area contributed by atoms with Crippen LogP contribution in [0.3, 0.4) is 0 Å². The Morgan fingerprint density at radius 3 is 2.40 bits per heavy atom. The zero-order valence-electron chi connectivity index (χ0n) is 8.74. The molecule has 2 rings (SSSR count). The predicted octanol–water partition coefficient (Wildman–Crippen LogP) is 2.81. The van der Waals surface area contributed by atoms with Crippen LogP contribution in [0.25, 0.3) is 11.4 Å². The average molecular weight is 266 g/mol. The average Bonchev–Trinajstić information content (AvgIpc) is 2.59. The summed E-state index contributed by atoms with van der Waals surface area (Å²) in [5.74, 6) is 0.757. The highest BCUT2D eigenvalue weighted by Gasteiger charge is 2.06. The highest BCUT2D eigenvalue weighted by Crippen LogP contribution is 2.18. The second-order valence-corrected chi connectivity index (χ2v) is 4.09. The molecule has 3 nitrogen and oxygen atoms in total. The Hall–Kier alpha value is -1.16. The van der Waals surface area contributed by atoms with Crippen LogP contribution < -0.4 is 0 Å². The topological polar surface area (TPSA) is 30.7 Å². The van der Waals surface area contributed by atoms with Crippen LogP contribution in [0.1, 0.15) is 12.5 Å². The van der Waals surface area contributed by atoms with Gasteiger partial charge >= 0.3 is 0 Å². The summed E-state index contributed by atoms with van der Waals surface area (Å²) in [6.07, 6.45) is 1.06. The quantitative estimate of drug-likeness (QED) is 0.836. The number of benzene rings is 1. The van der Waals surface area contributed by atoms with Crippen molar-refractivity contribution in [1.82, 2.24) is 14.8 Å². The van der Waals surface area contributed by atoms with Crippen LogP contribution in [0.4, 0.5) is 0 Å². The van der Waals surface area contributed by atoms with E-state index in [0.29, 0.717) is 0 Å². The van der Waals surface area contributed by atoms with Gasteiger partial charge in [0.15, 0.2) is 10.6 Å². The molecule has 0 saturated heterocycles. The van der Waals surface area contributed by atoms with Crippen LogP contribution in [0.5, 0.6) is 0 Å². The maximum atomic E-state index is 4.30. The first-order valence-corrected chi connectivity index (χ1v) is 5.66. The molecule has 0 radical (unpaired) electrons. The molecule has 0 aliphatic rings. The maximum absolute atomic E-state index is 4.30. The van der Waals surface area contributed by atoms with Crippen molar-refractivity contribution in [3.8, 4) is 11.4 Å². The van der Waals surface area contributed by atoms with Crippen molar-refractivity contribution in [3.05, 3.63) is 34.6 Å². The molecule has 0 aliphatic carbocycles. The van der Waals surface area contributed by atoms with E-state index in [-0.39, 0.29) is 0 Å². The smallest absolute Gasteiger partial charge is 0.195 e. The molecule has 4 heteroatoms. The molecular formula is C11H12BrN3. The van der Waals surface area contributed by atoms with E-state index in [1.54, 1.807) is 4.68 Å². The molecule has 0 spiro atoms. The van der Waals surface area contributed by atoms with Crippen molar-refractivity contribution < 1.29 is 0 Å². The minimum Gasteiger partial charge on any atom is -0.243 e. The summed E-state index contributed by atoms with van der Waals surface area (Å²) in [6, 6.07) is 8.33. The lowest BCUT2D eigenvalue weighted by Crippen LogP contribution is -1.90. The molecule has 0 N–H and O–H groups in total. The lowest BCUT2D eigenvalue weighted by Gasteiger charge is -1.97. The standard InChI is InChI=1S/C11H12BrN3/c1-3-8-4-6-9(7-5-8)10-13-11(12)15(2)14-10/h4-7H,3H2,1-2H3. The number of hydrogen-bond donors (Lipinski definition) is 0. The molecule has 0 bridgehead atoms. The molecule has 0 fully saturated rings. The summed E-state index contributed by atoms with van der Waals surface area (Å²) in [5, 5.41) is 4.29. The fraction of sp³-hybridized carbons (Fsp3) is 0.273. The normalized spacial score (nSPS) is 10.6. The monoisotopic (exact) mass is 265 g/mol. The zero-order chi connectivity index (χ0) is 10.8. The minimum absolute atomic E-state index is 0.747. The Kier molecular flexibility index (Phi) is 2.86. The van der Waals surface area contributed by atoms with Crippen molar-refractivity contribution in [2.24, 2.45) is 7.05 Å². The predicted molar refractivity (Wildman–Crippen MR) is 63.5 cm³/mol. The third-order valence-electron chi connectivity index (χ3n) is 2.33. The Morgan fingerprint density at radius 2 is 1.93 bits per heavy atom. The van der Waals surface area contributed by atoms with Gasteiger partial charge in [0.1, 0.15) is 0 Å². The van der Waals surface area contributed by atoms with Crippen molar-refractivity contribution >= 4 is 15.9 Å². The number of nitrogens with zero attached hydrogens (tertiary/aromatic N) is 3. The SMILES string of the molecule is CCc1ccc(-c2nc(Br)n(C)n2)cc1. The number of aryl methyl sites for hydroxylation is 2. The number of halogens is 1. The van der Waals surface area contributed by atoms with Crippen LogP contribution in [0, 0.1) is 0 Å². The van der Waals surface area contributed by atoms with Gasteiger partial charge in [-0.05, 0) is 27.9 Å². The second kappa shape index (κ2) is 4.14. The van der Waals surface area contributed by atoms with Gasteiger partial charge in [0.2, 0.25) is 0 Å². The van der Waals surface area contributed by atoms with Crippen molar-refractivity contribution in [1.29, 1.82) is 0 Å². The molecule has 1 aromatic carbocycles. The van der Waals surface area contributed by atoms with Crippen LogP contribution in [0.15, 0.2) is 29.0 Å². The molecule has 0 unspecified atom stereocenters. The number of aromatic nitrogens is 3. The highest BCUT2D eigenvalue weighted by atomic mass is 79.9. The molecule has 0 aliphatic heterocycles. The Balaban J connectivity index is 2.37. The van der Waals surface area contributed by atoms with Gasteiger partial charge in [0.05, 0.1) is 0 Å². The van der Waals surface area contributed by atoms with Gasteiger partial charge < -0.3 is 0 Å². The lowest BCUT2D eigenvalue weighted by molar-refractivity contribution is 0.747. The molecule has 0 saturated carbocycles. The summed E-state index contributed by atoms with van der Waals surface area (Å²) in [4.78, 5) is 4.30. The number of hydrogen-bond acceptors (Lipinski definition) is 2. The van der Waals surface area contributed by atoms with Crippen molar-refractivity contribution in [3.63, 3.8) is 0 Å². The zero-order valence-corrected chi connectivity index (χ0v) is 10.3. The van der Waals surface area contributed by atoms with E-state index in [4.69, 9.17) is 0 Å². The summed E-state index contributed by atoms with van der Waals surface area (Å²) in [5.41, 5.74) is 2.38. The van der Waals surface area contributed by atoms with Crippen LogP contribution >= 0.6 is 15.9 Å². The summed E-state index contributed by atoms with van der Waals surface area (Å²) >= 11 is 3.33. The van der Waals surface area contributed by atoms with E-state index in [0.717, 1.165) is 22.5 Å². The van der Waals surface area contributed by atoms with E-state index in [2.05, 4.69) is 57.2 Å². The first-order valence-electron chi connectivity index (χ1n) is 4.86. The van der Waals surface area contributed by atoms with Crippen molar-refractivity contribution in [2.45, 2.75) is 13.3 Å². The van der Waals surface area contributed by atoms with E-state index in [9.17, 15) is 0 Å². The van der Waals surface area contributed by atoms with Crippen LogP contribution in [-0.4, -0.2) is 14.8 Å². The molecule has 78 valence electrons. The summed E-state index contributed by atoms with van der Waals surface area (Å²) in [7, 11) is 1.86. The highest BCUT2D eigenvalue weighted by molar-refractivity contribution is 9.10. The van der Waals surface area contributed by atoms with E-state index < -0.39 is 0 Å². The Morgan fingerprint density at radius 1 is 1.27 bits per heavy atom. The van der Waals surface area contributed by atoms with Crippen LogP contribution in [0.2, 0.25) is 0 Å². The molecule has 1 heterocycles. The van der Waals surface area contributed by atoms with Crippen molar-refractivity contribution in [2.75, 3.05) is 0 Å². The summed E-state index contributed by atoms with van der Waals surface area (Å²) < 4.78 is 2.46. The van der Waals surface area contributed by atoms with Gasteiger partial charge in [-0.1, -0.05) is 31.2 Å². The molecule has 0 atom stereocenters. The third-order valence-corrected chi connectivity index (χ3v) is 3.02. The largest absolute Gasteiger partial charge is 0.243 e. The van der Waals surface area contributed by atoms with E-state index in [1.165, 1.54) is 5.56 Å². The van der Waals surface area contributed by atoms with Gasteiger partial charge in [0, 0.05) is 12.6 Å². The molecule has 0 amide bonds. The Bertz CT molecular complexity index is 440. The first kappa shape index (κ1) is 10.4. The minimum atomic E-state index is 0.747. The fourth-order valence-corrected chi connectivity index (χ4v) is 1.62. The van der Waals surface area contributed by atoms with Gasteiger partial charge in [-0.15, -0.1) is 0 Å². The molecular weight excluding hydrogens is 254 g/mol. The molecule has 1 aromatic heterocycles. The first-order chi connectivity index (χ1) is 7.20. The number of rotatable bonds is 2. The lowest BCUT2D eigenvalue weighted by atomic mass is 10.1. The third kappa shape index (κ3) is 2.09. The van der Waals surface area contributed by atoms with Crippen LogP contribution in [-0.2, 0) is 13.5 Å². The maximum Gasteiger partial charge on any atom is 0.195 e. The van der Waals surface area contributed by atoms with E-state index in [1.807, 2.05) is 7.05 Å². The molecule has 2 aromatic rings. The van der Waals surface area contributed by atoms with Gasteiger partial charge in [-0.2, -0.15) is 5.10 Å². The van der Waals surface area contributed by atoms with Gasteiger partial charge in [0.25, 0.3) is 0 Å². The second-order valence-electron chi connectivity index (χ2n) is 3.38. The molecule has 15 heavy (non-hydrogen) atoms. The fourth-order valence-electron chi connectivity index (χ4n) is 1.38. The van der Waals surface area contributed by atoms with Gasteiger partial charge in [-0.3, -0.25) is 0 Å². The van der Waals surface area contributed by atoms with Gasteiger partial charge in [-0.25, -0.2) is 9.67 Å². The summed E-state index contributed by atoms with van der Waals surface area (Å²) in [6.45, 7) is 2.14. The Labute approximate surface area is 97.3 Å².